The SMILES string of the molecule is Cc1nc(C)c(C(=O)OCC(=O)NCC2COc3ccccc3O2)s1. The summed E-state index contributed by atoms with van der Waals surface area (Å²) in [5.41, 5.74) is 0.610. The van der Waals surface area contributed by atoms with Gasteiger partial charge in [0.15, 0.2) is 18.1 Å². The monoisotopic (exact) mass is 362 g/mol. The van der Waals surface area contributed by atoms with Crippen LogP contribution in [0.25, 0.3) is 0 Å². The van der Waals surface area contributed by atoms with Crippen molar-refractivity contribution >= 4 is 23.2 Å². The van der Waals surface area contributed by atoms with Crippen LogP contribution in [0.1, 0.15) is 20.4 Å². The lowest BCUT2D eigenvalue weighted by molar-refractivity contribution is -0.124. The van der Waals surface area contributed by atoms with Gasteiger partial charge in [-0.25, -0.2) is 9.78 Å². The highest BCUT2D eigenvalue weighted by molar-refractivity contribution is 7.13. The van der Waals surface area contributed by atoms with E-state index in [1.165, 1.54) is 11.3 Å². The maximum absolute atomic E-state index is 12.0. The molecular weight excluding hydrogens is 344 g/mol. The number of ether oxygens (including phenoxy) is 3. The summed E-state index contributed by atoms with van der Waals surface area (Å²) >= 11 is 1.25. The zero-order valence-electron chi connectivity index (χ0n) is 13.9. The fourth-order valence-corrected chi connectivity index (χ4v) is 3.17. The summed E-state index contributed by atoms with van der Waals surface area (Å²) in [5, 5.41) is 3.46. The largest absolute Gasteiger partial charge is 0.486 e. The second-order valence-electron chi connectivity index (χ2n) is 5.53. The zero-order valence-corrected chi connectivity index (χ0v) is 14.7. The highest BCUT2D eigenvalue weighted by Gasteiger charge is 2.21. The van der Waals surface area contributed by atoms with Crippen LogP contribution in [0, 0.1) is 13.8 Å². The van der Waals surface area contributed by atoms with Crippen LogP contribution in [0.3, 0.4) is 0 Å². The van der Waals surface area contributed by atoms with Gasteiger partial charge in [-0.15, -0.1) is 11.3 Å². The van der Waals surface area contributed by atoms with Crippen molar-refractivity contribution in [2.24, 2.45) is 0 Å². The van der Waals surface area contributed by atoms with Crippen LogP contribution in [0.5, 0.6) is 11.5 Å². The third-order valence-electron chi connectivity index (χ3n) is 3.52. The van der Waals surface area contributed by atoms with Crippen molar-refractivity contribution in [1.29, 1.82) is 0 Å². The lowest BCUT2D eigenvalue weighted by atomic mass is 10.2. The van der Waals surface area contributed by atoms with E-state index in [1.807, 2.05) is 31.2 Å². The normalized spacial score (nSPS) is 15.5. The fraction of sp³-hybridized carbons (Fsp3) is 0.353. The number of thiazole rings is 1. The van der Waals surface area contributed by atoms with Crippen LogP contribution < -0.4 is 14.8 Å². The lowest BCUT2D eigenvalue weighted by Gasteiger charge is -2.26. The van der Waals surface area contributed by atoms with Crippen molar-refractivity contribution in [3.8, 4) is 11.5 Å². The van der Waals surface area contributed by atoms with E-state index in [4.69, 9.17) is 14.2 Å². The number of esters is 1. The molecule has 0 radical (unpaired) electrons. The molecule has 3 rings (SSSR count). The summed E-state index contributed by atoms with van der Waals surface area (Å²) in [7, 11) is 0. The van der Waals surface area contributed by atoms with Crippen LogP contribution in [0.2, 0.25) is 0 Å². The molecule has 1 aromatic heterocycles. The minimum Gasteiger partial charge on any atom is -0.486 e. The van der Waals surface area contributed by atoms with Gasteiger partial charge in [-0.05, 0) is 26.0 Å². The Bertz CT molecular complexity index is 789. The molecule has 0 saturated carbocycles. The van der Waals surface area contributed by atoms with Crippen molar-refractivity contribution in [3.63, 3.8) is 0 Å². The number of hydrogen-bond donors (Lipinski definition) is 1. The Labute approximate surface area is 148 Å². The lowest BCUT2D eigenvalue weighted by Crippen LogP contribution is -2.42. The molecule has 0 saturated heterocycles. The van der Waals surface area contributed by atoms with Gasteiger partial charge in [0.2, 0.25) is 0 Å². The first-order chi connectivity index (χ1) is 12.0. The third-order valence-corrected chi connectivity index (χ3v) is 4.57. The van der Waals surface area contributed by atoms with Gasteiger partial charge in [0.1, 0.15) is 17.6 Å². The van der Waals surface area contributed by atoms with E-state index in [0.29, 0.717) is 28.7 Å². The average Bonchev–Trinajstić information content (AvgIpc) is 2.96. The molecule has 1 N–H and O–H groups in total. The van der Waals surface area contributed by atoms with Crippen molar-refractivity contribution in [1.82, 2.24) is 10.3 Å². The number of benzene rings is 1. The Morgan fingerprint density at radius 1 is 1.32 bits per heavy atom. The molecule has 0 bridgehead atoms. The van der Waals surface area contributed by atoms with Crippen LogP contribution >= 0.6 is 11.3 Å². The number of para-hydroxylation sites is 2. The molecule has 1 unspecified atom stereocenters. The van der Waals surface area contributed by atoms with Crippen LogP contribution in [-0.4, -0.2) is 42.7 Å². The Morgan fingerprint density at radius 3 is 2.80 bits per heavy atom. The van der Waals surface area contributed by atoms with Gasteiger partial charge in [-0.1, -0.05) is 12.1 Å². The minimum absolute atomic E-state index is 0.267. The summed E-state index contributed by atoms with van der Waals surface area (Å²) in [6.07, 6.45) is -0.291. The molecule has 0 spiro atoms. The van der Waals surface area contributed by atoms with Crippen molar-refractivity contribution < 1.29 is 23.8 Å². The van der Waals surface area contributed by atoms with Gasteiger partial charge < -0.3 is 19.5 Å². The molecule has 2 heterocycles. The van der Waals surface area contributed by atoms with E-state index in [9.17, 15) is 9.59 Å². The number of carbonyl (C=O) groups is 2. The van der Waals surface area contributed by atoms with Gasteiger partial charge in [-0.2, -0.15) is 0 Å². The predicted octanol–water partition coefficient (Wildman–Crippen LogP) is 1.87. The number of nitrogens with one attached hydrogen (secondary N) is 1. The van der Waals surface area contributed by atoms with Crippen molar-refractivity contribution in [2.45, 2.75) is 20.0 Å². The highest BCUT2D eigenvalue weighted by Crippen LogP contribution is 2.30. The van der Waals surface area contributed by atoms with Gasteiger partial charge in [0.25, 0.3) is 5.91 Å². The van der Waals surface area contributed by atoms with Gasteiger partial charge in [-0.3, -0.25) is 4.79 Å². The predicted molar refractivity (Wildman–Crippen MR) is 91.2 cm³/mol. The van der Waals surface area contributed by atoms with Gasteiger partial charge >= 0.3 is 5.97 Å². The number of aryl methyl sites for hydroxylation is 2. The van der Waals surface area contributed by atoms with E-state index in [1.54, 1.807) is 6.92 Å². The Balaban J connectivity index is 1.43. The van der Waals surface area contributed by atoms with Gasteiger partial charge in [0, 0.05) is 0 Å². The number of hydrogen-bond acceptors (Lipinski definition) is 7. The smallest absolute Gasteiger partial charge is 0.350 e. The van der Waals surface area contributed by atoms with Gasteiger partial charge in [0.05, 0.1) is 17.2 Å². The maximum atomic E-state index is 12.0. The molecule has 0 aliphatic carbocycles. The van der Waals surface area contributed by atoms with Crippen LogP contribution in [-0.2, 0) is 9.53 Å². The topological polar surface area (TPSA) is 86.8 Å². The quantitative estimate of drug-likeness (QED) is 0.817. The second kappa shape index (κ2) is 7.52. The first-order valence-electron chi connectivity index (χ1n) is 7.79. The Morgan fingerprint density at radius 2 is 2.08 bits per heavy atom. The summed E-state index contributed by atoms with van der Waals surface area (Å²) in [4.78, 5) is 28.4. The molecule has 1 aliphatic heterocycles. The van der Waals surface area contributed by atoms with Crippen molar-refractivity contribution in [2.75, 3.05) is 19.8 Å². The molecule has 1 aromatic carbocycles. The molecule has 1 amide bonds. The standard InChI is InChI=1S/C17H18N2O5S/c1-10-16(25-11(2)19-10)17(21)23-9-15(20)18-7-12-8-22-13-5-3-4-6-14(13)24-12/h3-6,12H,7-9H2,1-2H3,(H,18,20). The number of aromatic nitrogens is 1. The van der Waals surface area contributed by atoms with E-state index in [0.717, 1.165) is 5.01 Å². The maximum Gasteiger partial charge on any atom is 0.350 e. The molecule has 8 heteroatoms. The fourth-order valence-electron chi connectivity index (χ4n) is 2.36. The molecule has 1 aliphatic rings. The molecule has 1 atom stereocenters. The summed E-state index contributed by atoms with van der Waals surface area (Å²) in [5.74, 6) is 0.406. The van der Waals surface area contributed by atoms with E-state index in [2.05, 4.69) is 10.3 Å². The number of carbonyl (C=O) groups excluding carboxylic acids is 2. The van der Waals surface area contributed by atoms with Crippen LogP contribution in [0.4, 0.5) is 0 Å². The summed E-state index contributed by atoms with van der Waals surface area (Å²) in [6.45, 7) is 3.81. The van der Waals surface area contributed by atoms with Crippen molar-refractivity contribution in [3.05, 3.63) is 39.8 Å². The molecule has 132 valence electrons. The summed E-state index contributed by atoms with van der Waals surface area (Å²) < 4.78 is 16.3. The number of rotatable bonds is 5. The Kier molecular flexibility index (Phi) is 5.18. The first kappa shape index (κ1) is 17.2. The summed E-state index contributed by atoms with van der Waals surface area (Å²) in [6, 6.07) is 7.36. The number of amides is 1. The highest BCUT2D eigenvalue weighted by atomic mass is 32.1. The van der Waals surface area contributed by atoms with E-state index in [-0.39, 0.29) is 19.3 Å². The second-order valence-corrected chi connectivity index (χ2v) is 6.73. The van der Waals surface area contributed by atoms with Crippen LogP contribution in [0.15, 0.2) is 24.3 Å². The molecular formula is C17H18N2O5S. The number of nitrogens with zero attached hydrogens (tertiary/aromatic N) is 1. The Hall–Kier alpha value is -2.61. The third kappa shape index (κ3) is 4.27. The number of fused-ring (bicyclic) bond motifs is 1. The van der Waals surface area contributed by atoms with E-state index < -0.39 is 11.9 Å². The molecule has 2 aromatic rings. The minimum atomic E-state index is -0.538. The molecule has 25 heavy (non-hydrogen) atoms. The molecule has 0 fully saturated rings. The van der Waals surface area contributed by atoms with E-state index >= 15 is 0 Å². The first-order valence-corrected chi connectivity index (χ1v) is 8.61. The zero-order chi connectivity index (χ0) is 17.8. The molecule has 7 nitrogen and oxygen atoms in total. The average molecular weight is 362 g/mol.